The molecule has 0 aliphatic rings. The van der Waals surface area contributed by atoms with E-state index in [0.717, 1.165) is 27.0 Å². The molecule has 0 saturated heterocycles. The van der Waals surface area contributed by atoms with Gasteiger partial charge in [-0.2, -0.15) is 0 Å². The van der Waals surface area contributed by atoms with E-state index in [4.69, 9.17) is 5.11 Å². The summed E-state index contributed by atoms with van der Waals surface area (Å²) in [6, 6.07) is 4.04. The van der Waals surface area contributed by atoms with Crippen LogP contribution >= 0.6 is 23.1 Å². The Morgan fingerprint density at radius 1 is 1.43 bits per heavy atom. The highest BCUT2D eigenvalue weighted by molar-refractivity contribution is 8.00. The quantitative estimate of drug-likeness (QED) is 0.732. The minimum atomic E-state index is -0.854. The van der Waals surface area contributed by atoms with Crippen molar-refractivity contribution in [2.75, 3.05) is 0 Å². The van der Waals surface area contributed by atoms with E-state index in [9.17, 15) is 4.79 Å². The summed E-state index contributed by atoms with van der Waals surface area (Å²) in [5, 5.41) is 10.5. The van der Waals surface area contributed by atoms with Crippen molar-refractivity contribution in [1.29, 1.82) is 0 Å². The molecule has 0 saturated carbocycles. The lowest BCUT2D eigenvalue weighted by molar-refractivity contribution is -0.136. The molecule has 0 aromatic carbocycles. The summed E-state index contributed by atoms with van der Waals surface area (Å²) in [5.41, 5.74) is 3.72. The van der Waals surface area contributed by atoms with E-state index in [2.05, 4.69) is 9.97 Å². The van der Waals surface area contributed by atoms with Crippen LogP contribution in [0.1, 0.15) is 17.0 Å². The average Bonchev–Trinajstić information content (AvgIpc) is 3.03. The van der Waals surface area contributed by atoms with Gasteiger partial charge in [-0.15, -0.1) is 11.3 Å². The van der Waals surface area contributed by atoms with E-state index in [1.807, 2.05) is 35.9 Å². The van der Waals surface area contributed by atoms with Crippen molar-refractivity contribution >= 4 is 34.7 Å². The fraction of sp³-hybridized carbons (Fsp3) is 0.214. The van der Waals surface area contributed by atoms with Gasteiger partial charge in [0.2, 0.25) is 0 Å². The lowest BCUT2D eigenvalue weighted by atomic mass is 10.3. The van der Waals surface area contributed by atoms with Crippen molar-refractivity contribution in [3.8, 4) is 0 Å². The molecule has 21 heavy (non-hydrogen) atoms. The summed E-state index contributed by atoms with van der Waals surface area (Å²) in [6.07, 6.45) is 3.98. The first-order valence-electron chi connectivity index (χ1n) is 6.34. The highest BCUT2D eigenvalue weighted by Gasteiger charge is 2.08. The number of pyridine rings is 1. The van der Waals surface area contributed by atoms with Crippen molar-refractivity contribution in [2.45, 2.75) is 23.4 Å². The number of carbonyl (C=O) groups is 1. The summed E-state index contributed by atoms with van der Waals surface area (Å²) in [6.45, 7) is 2.04. The van der Waals surface area contributed by atoms with Gasteiger partial charge in [0.05, 0.1) is 17.8 Å². The summed E-state index contributed by atoms with van der Waals surface area (Å²) < 4.78 is 2.89. The molecule has 0 aliphatic heterocycles. The molecule has 7 heteroatoms. The molecule has 0 bridgehead atoms. The molecule has 3 heterocycles. The van der Waals surface area contributed by atoms with Crippen molar-refractivity contribution < 1.29 is 9.90 Å². The molecule has 108 valence electrons. The fourth-order valence-corrected chi connectivity index (χ4v) is 3.73. The topological polar surface area (TPSA) is 67.5 Å². The molecular formula is C14H13N3O2S2. The van der Waals surface area contributed by atoms with E-state index in [-0.39, 0.29) is 6.42 Å². The zero-order chi connectivity index (χ0) is 14.8. The molecule has 1 N–H and O–H groups in total. The minimum absolute atomic E-state index is 0.0232. The van der Waals surface area contributed by atoms with Crippen LogP contribution in [0.4, 0.5) is 0 Å². The molecule has 3 rings (SSSR count). The third-order valence-corrected chi connectivity index (χ3v) is 5.04. The summed E-state index contributed by atoms with van der Waals surface area (Å²) in [7, 11) is 0. The lowest BCUT2D eigenvalue weighted by Crippen LogP contribution is -1.99. The first-order valence-corrected chi connectivity index (χ1v) is 8.20. The second kappa shape index (κ2) is 5.87. The van der Waals surface area contributed by atoms with Crippen LogP contribution < -0.4 is 0 Å². The summed E-state index contributed by atoms with van der Waals surface area (Å²) in [4.78, 5) is 19.5. The number of nitrogens with zero attached hydrogens (tertiary/aromatic N) is 3. The zero-order valence-corrected chi connectivity index (χ0v) is 12.9. The highest BCUT2D eigenvalue weighted by Crippen LogP contribution is 2.26. The average molecular weight is 319 g/mol. The van der Waals surface area contributed by atoms with Crippen molar-refractivity contribution in [2.24, 2.45) is 0 Å². The van der Waals surface area contributed by atoms with Crippen molar-refractivity contribution in [3.05, 3.63) is 46.9 Å². The molecular weight excluding hydrogens is 306 g/mol. The molecule has 0 aliphatic carbocycles. The van der Waals surface area contributed by atoms with Gasteiger partial charge in [0, 0.05) is 23.5 Å². The first kappa shape index (κ1) is 14.1. The number of thiazole rings is 1. The number of carboxylic acids is 1. The molecule has 0 amide bonds. The van der Waals surface area contributed by atoms with Gasteiger partial charge < -0.3 is 9.51 Å². The van der Waals surface area contributed by atoms with E-state index in [0.29, 0.717) is 5.69 Å². The van der Waals surface area contributed by atoms with Gasteiger partial charge in [-0.1, -0.05) is 17.8 Å². The van der Waals surface area contributed by atoms with Crippen LogP contribution in [0.5, 0.6) is 0 Å². The fourth-order valence-electron chi connectivity index (χ4n) is 2.00. The normalized spacial score (nSPS) is 11.1. The van der Waals surface area contributed by atoms with Gasteiger partial charge in [0.15, 0.2) is 4.34 Å². The molecule has 0 radical (unpaired) electrons. The number of thioether (sulfide) groups is 1. The van der Waals surface area contributed by atoms with Crippen LogP contribution in [0.3, 0.4) is 0 Å². The second-order valence-corrected chi connectivity index (χ2v) is 6.70. The van der Waals surface area contributed by atoms with E-state index < -0.39 is 5.97 Å². The number of hydrogen-bond acceptors (Lipinski definition) is 5. The Labute approximate surface area is 129 Å². The van der Waals surface area contributed by atoms with E-state index >= 15 is 0 Å². The summed E-state index contributed by atoms with van der Waals surface area (Å²) in [5.74, 6) is -0.131. The third kappa shape index (κ3) is 3.25. The Balaban J connectivity index is 1.70. The third-order valence-electron chi connectivity index (χ3n) is 2.93. The number of aromatic nitrogens is 3. The van der Waals surface area contributed by atoms with Crippen molar-refractivity contribution in [3.63, 3.8) is 0 Å². The van der Waals surface area contributed by atoms with Crippen LogP contribution in [0.15, 0.2) is 34.2 Å². The largest absolute Gasteiger partial charge is 0.481 e. The molecule has 0 unspecified atom stereocenters. The molecule has 3 aromatic heterocycles. The van der Waals surface area contributed by atoms with Gasteiger partial charge in [-0.25, -0.2) is 9.97 Å². The van der Waals surface area contributed by atoms with Crippen LogP contribution in [0.2, 0.25) is 0 Å². The molecule has 3 aromatic rings. The monoisotopic (exact) mass is 319 g/mol. The van der Waals surface area contributed by atoms with E-state index in [1.54, 1.807) is 17.1 Å². The minimum Gasteiger partial charge on any atom is -0.481 e. The number of carboxylic acid groups (broad SMARTS) is 1. The smallest absolute Gasteiger partial charge is 0.309 e. The number of aliphatic carboxylic acids is 1. The standard InChI is InChI=1S/C14H13N3O2S2/c1-9-3-2-4-17-6-11(15-13(9)17)8-21-14-16-10(7-20-14)5-12(18)19/h2-4,6-7H,5,8H2,1H3,(H,18,19). The van der Waals surface area contributed by atoms with Gasteiger partial charge in [-0.05, 0) is 18.6 Å². The number of imidazole rings is 1. The second-order valence-electron chi connectivity index (χ2n) is 4.62. The van der Waals surface area contributed by atoms with Crippen molar-refractivity contribution in [1.82, 2.24) is 14.4 Å². The van der Waals surface area contributed by atoms with Crippen LogP contribution in [-0.2, 0) is 17.0 Å². The van der Waals surface area contributed by atoms with E-state index in [1.165, 1.54) is 11.3 Å². The SMILES string of the molecule is Cc1cccn2cc(CSc3nc(CC(=O)O)cs3)nc12. The molecule has 5 nitrogen and oxygen atoms in total. The van der Waals surface area contributed by atoms with Gasteiger partial charge in [0.1, 0.15) is 5.65 Å². The van der Waals surface area contributed by atoms with Crippen LogP contribution in [0.25, 0.3) is 5.65 Å². The zero-order valence-electron chi connectivity index (χ0n) is 11.3. The number of rotatable bonds is 5. The van der Waals surface area contributed by atoms with Gasteiger partial charge in [0.25, 0.3) is 0 Å². The van der Waals surface area contributed by atoms with Crippen LogP contribution in [-0.4, -0.2) is 25.4 Å². The number of aryl methyl sites for hydroxylation is 1. The molecule has 0 spiro atoms. The Morgan fingerprint density at radius 3 is 3.05 bits per heavy atom. The Kier molecular flexibility index (Phi) is 3.94. The molecule has 0 fully saturated rings. The first-order chi connectivity index (χ1) is 10.1. The maximum atomic E-state index is 10.6. The van der Waals surface area contributed by atoms with Crippen LogP contribution in [0, 0.1) is 6.92 Å². The maximum Gasteiger partial charge on any atom is 0.309 e. The van der Waals surface area contributed by atoms with Gasteiger partial charge in [-0.3, -0.25) is 4.79 Å². The predicted octanol–water partition coefficient (Wildman–Crippen LogP) is 3.02. The molecule has 0 atom stereocenters. The Morgan fingerprint density at radius 2 is 2.29 bits per heavy atom. The Hall–Kier alpha value is -1.86. The lowest BCUT2D eigenvalue weighted by Gasteiger charge is -1.94. The predicted molar refractivity (Wildman–Crippen MR) is 82.9 cm³/mol. The number of hydrogen-bond donors (Lipinski definition) is 1. The number of fused-ring (bicyclic) bond motifs is 1. The highest BCUT2D eigenvalue weighted by atomic mass is 32.2. The maximum absolute atomic E-state index is 10.6. The Bertz CT molecular complexity index is 794. The van der Waals surface area contributed by atoms with Gasteiger partial charge >= 0.3 is 5.97 Å². The summed E-state index contributed by atoms with van der Waals surface area (Å²) >= 11 is 3.06.